The maximum absolute atomic E-state index is 10.5. The lowest BCUT2D eigenvalue weighted by atomic mass is 10.1. The monoisotopic (exact) mass is 176 g/mol. The van der Waals surface area contributed by atoms with Gasteiger partial charge in [0, 0.05) is 5.92 Å². The van der Waals surface area contributed by atoms with Gasteiger partial charge in [0.05, 0.1) is 0 Å². The SMILES string of the molecule is CC.O=CC1Cc2ccccc2C1. The molecule has 0 aliphatic heterocycles. The zero-order valence-corrected chi connectivity index (χ0v) is 8.29. The number of carbonyl (C=O) groups is 1. The van der Waals surface area contributed by atoms with Crippen LogP contribution >= 0.6 is 0 Å². The molecule has 0 atom stereocenters. The van der Waals surface area contributed by atoms with E-state index in [2.05, 4.69) is 12.1 Å². The Hall–Kier alpha value is -1.11. The molecule has 13 heavy (non-hydrogen) atoms. The van der Waals surface area contributed by atoms with Crippen molar-refractivity contribution in [2.75, 3.05) is 0 Å². The standard InChI is InChI=1S/C10H10O.C2H6/c11-7-8-5-9-3-1-2-4-10(9)6-8;1-2/h1-4,7-8H,5-6H2;1-2H3. The van der Waals surface area contributed by atoms with Crippen LogP contribution in [-0.2, 0) is 17.6 Å². The number of hydrogen-bond donors (Lipinski definition) is 0. The molecule has 0 fully saturated rings. The fourth-order valence-electron chi connectivity index (χ4n) is 1.69. The van der Waals surface area contributed by atoms with Crippen LogP contribution in [0.25, 0.3) is 0 Å². The summed E-state index contributed by atoms with van der Waals surface area (Å²) < 4.78 is 0. The van der Waals surface area contributed by atoms with Gasteiger partial charge in [-0.25, -0.2) is 0 Å². The molecule has 1 aliphatic rings. The predicted molar refractivity (Wildman–Crippen MR) is 54.8 cm³/mol. The Morgan fingerprint density at radius 3 is 2.00 bits per heavy atom. The number of fused-ring (bicyclic) bond motifs is 1. The Morgan fingerprint density at radius 2 is 1.62 bits per heavy atom. The summed E-state index contributed by atoms with van der Waals surface area (Å²) in [5.41, 5.74) is 2.70. The first kappa shape index (κ1) is 9.97. The van der Waals surface area contributed by atoms with E-state index in [1.54, 1.807) is 0 Å². The van der Waals surface area contributed by atoms with Crippen molar-refractivity contribution in [1.82, 2.24) is 0 Å². The number of carbonyl (C=O) groups excluding carboxylic acids is 1. The molecule has 0 radical (unpaired) electrons. The summed E-state index contributed by atoms with van der Waals surface area (Å²) in [7, 11) is 0. The molecular weight excluding hydrogens is 160 g/mol. The van der Waals surface area contributed by atoms with Crippen molar-refractivity contribution < 1.29 is 4.79 Å². The van der Waals surface area contributed by atoms with Crippen LogP contribution in [-0.4, -0.2) is 6.29 Å². The third-order valence-corrected chi connectivity index (χ3v) is 2.28. The van der Waals surface area contributed by atoms with Crippen molar-refractivity contribution in [3.63, 3.8) is 0 Å². The second-order valence-electron chi connectivity index (χ2n) is 3.07. The highest BCUT2D eigenvalue weighted by Crippen LogP contribution is 2.24. The molecule has 0 N–H and O–H groups in total. The topological polar surface area (TPSA) is 17.1 Å². The Morgan fingerprint density at radius 1 is 1.15 bits per heavy atom. The van der Waals surface area contributed by atoms with Crippen molar-refractivity contribution in [3.8, 4) is 0 Å². The lowest BCUT2D eigenvalue weighted by molar-refractivity contribution is -0.110. The van der Waals surface area contributed by atoms with Crippen LogP contribution in [0.2, 0.25) is 0 Å². The van der Waals surface area contributed by atoms with Crippen molar-refractivity contribution >= 4 is 6.29 Å². The van der Waals surface area contributed by atoms with Gasteiger partial charge in [0.1, 0.15) is 6.29 Å². The maximum atomic E-state index is 10.5. The van der Waals surface area contributed by atoms with Gasteiger partial charge in [-0.15, -0.1) is 0 Å². The smallest absolute Gasteiger partial charge is 0.123 e. The molecule has 1 heteroatoms. The first-order valence-electron chi connectivity index (χ1n) is 4.92. The summed E-state index contributed by atoms with van der Waals surface area (Å²) in [6, 6.07) is 8.29. The van der Waals surface area contributed by atoms with Crippen LogP contribution in [0.15, 0.2) is 24.3 Å². The molecule has 0 heterocycles. The minimum atomic E-state index is 0.243. The molecule has 0 aromatic heterocycles. The fourth-order valence-corrected chi connectivity index (χ4v) is 1.69. The summed E-state index contributed by atoms with van der Waals surface area (Å²) in [4.78, 5) is 10.5. The number of benzene rings is 1. The molecule has 0 amide bonds. The normalized spacial score (nSPS) is 14.3. The highest BCUT2D eigenvalue weighted by Gasteiger charge is 2.19. The Balaban J connectivity index is 0.000000396. The predicted octanol–water partition coefficient (Wildman–Crippen LogP) is 2.63. The van der Waals surface area contributed by atoms with E-state index < -0.39 is 0 Å². The van der Waals surface area contributed by atoms with Crippen LogP contribution < -0.4 is 0 Å². The molecule has 2 rings (SSSR count). The zero-order chi connectivity index (χ0) is 9.68. The quantitative estimate of drug-likeness (QED) is 0.601. The molecule has 1 aromatic carbocycles. The molecule has 1 aliphatic carbocycles. The van der Waals surface area contributed by atoms with Gasteiger partial charge in [-0.05, 0) is 24.0 Å². The van der Waals surface area contributed by atoms with Crippen molar-refractivity contribution in [2.45, 2.75) is 26.7 Å². The lowest BCUT2D eigenvalue weighted by Crippen LogP contribution is -1.99. The van der Waals surface area contributed by atoms with E-state index in [1.807, 2.05) is 26.0 Å². The third kappa shape index (κ3) is 2.18. The van der Waals surface area contributed by atoms with Crippen LogP contribution in [0.3, 0.4) is 0 Å². The van der Waals surface area contributed by atoms with E-state index in [9.17, 15) is 4.79 Å². The van der Waals surface area contributed by atoms with Crippen LogP contribution in [0.1, 0.15) is 25.0 Å². The molecule has 0 unspecified atom stereocenters. The molecule has 0 spiro atoms. The highest BCUT2D eigenvalue weighted by molar-refractivity contribution is 5.58. The summed E-state index contributed by atoms with van der Waals surface area (Å²) in [6.07, 6.45) is 2.96. The lowest BCUT2D eigenvalue weighted by Gasteiger charge is -1.92. The molecule has 0 bridgehead atoms. The Labute approximate surface area is 79.8 Å². The van der Waals surface area contributed by atoms with Gasteiger partial charge < -0.3 is 4.79 Å². The van der Waals surface area contributed by atoms with Gasteiger partial charge in [-0.3, -0.25) is 0 Å². The molecular formula is C12H16O. The van der Waals surface area contributed by atoms with Gasteiger partial charge in [0.25, 0.3) is 0 Å². The van der Waals surface area contributed by atoms with E-state index in [0.29, 0.717) is 0 Å². The number of aldehydes is 1. The Bertz CT molecular complexity index is 253. The summed E-state index contributed by atoms with van der Waals surface area (Å²) in [5.74, 6) is 0.243. The molecule has 0 saturated carbocycles. The largest absolute Gasteiger partial charge is 0.303 e. The summed E-state index contributed by atoms with van der Waals surface area (Å²) in [5, 5.41) is 0. The third-order valence-electron chi connectivity index (χ3n) is 2.28. The second-order valence-corrected chi connectivity index (χ2v) is 3.07. The number of rotatable bonds is 1. The highest BCUT2D eigenvalue weighted by atomic mass is 16.1. The zero-order valence-electron chi connectivity index (χ0n) is 8.29. The second kappa shape index (κ2) is 4.80. The van der Waals surface area contributed by atoms with Crippen LogP contribution in [0, 0.1) is 5.92 Å². The Kier molecular flexibility index (Phi) is 3.69. The minimum Gasteiger partial charge on any atom is -0.303 e. The maximum Gasteiger partial charge on any atom is 0.123 e. The minimum absolute atomic E-state index is 0.243. The first-order valence-corrected chi connectivity index (χ1v) is 4.92. The van der Waals surface area contributed by atoms with Crippen molar-refractivity contribution in [3.05, 3.63) is 35.4 Å². The molecule has 1 nitrogen and oxygen atoms in total. The van der Waals surface area contributed by atoms with Gasteiger partial charge in [-0.1, -0.05) is 38.1 Å². The summed E-state index contributed by atoms with van der Waals surface area (Å²) >= 11 is 0. The van der Waals surface area contributed by atoms with E-state index >= 15 is 0 Å². The van der Waals surface area contributed by atoms with Crippen molar-refractivity contribution in [2.24, 2.45) is 5.92 Å². The van der Waals surface area contributed by atoms with Crippen LogP contribution in [0.4, 0.5) is 0 Å². The first-order chi connectivity index (χ1) is 6.40. The number of hydrogen-bond acceptors (Lipinski definition) is 1. The molecule has 1 aromatic rings. The molecule has 0 saturated heterocycles. The van der Waals surface area contributed by atoms with E-state index in [0.717, 1.165) is 19.1 Å². The van der Waals surface area contributed by atoms with E-state index in [-0.39, 0.29) is 5.92 Å². The van der Waals surface area contributed by atoms with Gasteiger partial charge in [0.2, 0.25) is 0 Å². The van der Waals surface area contributed by atoms with Gasteiger partial charge in [-0.2, -0.15) is 0 Å². The summed E-state index contributed by atoms with van der Waals surface area (Å²) in [6.45, 7) is 4.00. The fraction of sp³-hybridized carbons (Fsp3) is 0.417. The van der Waals surface area contributed by atoms with Crippen LogP contribution in [0.5, 0.6) is 0 Å². The average molecular weight is 176 g/mol. The van der Waals surface area contributed by atoms with E-state index in [4.69, 9.17) is 0 Å². The van der Waals surface area contributed by atoms with Crippen molar-refractivity contribution in [1.29, 1.82) is 0 Å². The van der Waals surface area contributed by atoms with Gasteiger partial charge in [0.15, 0.2) is 0 Å². The average Bonchev–Trinajstić information content (AvgIpc) is 2.63. The van der Waals surface area contributed by atoms with Gasteiger partial charge >= 0.3 is 0 Å². The molecule has 70 valence electrons. The van der Waals surface area contributed by atoms with E-state index in [1.165, 1.54) is 11.1 Å².